The summed E-state index contributed by atoms with van der Waals surface area (Å²) in [7, 11) is 0. The number of fused-ring (bicyclic) bond motifs is 3. The van der Waals surface area contributed by atoms with Crippen LogP contribution in [0.15, 0.2) is 156 Å². The topological polar surface area (TPSA) is 49.6 Å². The van der Waals surface area contributed by atoms with E-state index in [2.05, 4.69) is 144 Å². The summed E-state index contributed by atoms with van der Waals surface area (Å²) < 4.78 is 0. The first-order chi connectivity index (χ1) is 20.8. The number of aromatic nitrogens is 1. The normalized spacial score (nSPS) is 14.9. The molecule has 1 aliphatic heterocycles. The SMILES string of the molecule is c1cc(-c2ccc3cccnc3c2)cc(C2N=C(c3ccc4ccccc4c3)N=C(c3ccc4ccccc4c3)N2)c1. The Bertz CT molecular complexity index is 2190. The van der Waals surface area contributed by atoms with Crippen LogP contribution < -0.4 is 5.32 Å². The third kappa shape index (κ3) is 4.49. The second-order valence-corrected chi connectivity index (χ2v) is 10.6. The first-order valence-electron chi connectivity index (χ1n) is 14.1. The van der Waals surface area contributed by atoms with Gasteiger partial charge in [0.05, 0.1) is 5.52 Å². The fourth-order valence-corrected chi connectivity index (χ4v) is 5.70. The summed E-state index contributed by atoms with van der Waals surface area (Å²) in [5.41, 5.74) is 6.33. The van der Waals surface area contributed by atoms with Gasteiger partial charge in [0, 0.05) is 22.7 Å². The third-order valence-corrected chi connectivity index (χ3v) is 7.91. The minimum atomic E-state index is -0.302. The minimum Gasteiger partial charge on any atom is -0.344 e. The number of pyridine rings is 1. The quantitative estimate of drug-likeness (QED) is 0.244. The van der Waals surface area contributed by atoms with E-state index in [0.717, 1.165) is 44.6 Å². The van der Waals surface area contributed by atoms with Gasteiger partial charge in [-0.15, -0.1) is 0 Å². The van der Waals surface area contributed by atoms with Crippen LogP contribution in [-0.2, 0) is 0 Å². The fourth-order valence-electron chi connectivity index (χ4n) is 5.70. The molecule has 0 saturated heterocycles. The van der Waals surface area contributed by atoms with E-state index in [1.165, 1.54) is 21.5 Å². The third-order valence-electron chi connectivity index (χ3n) is 7.91. The Kier molecular flexibility index (Phi) is 5.82. The molecule has 4 heteroatoms. The molecule has 7 aromatic rings. The predicted molar refractivity (Wildman–Crippen MR) is 174 cm³/mol. The second-order valence-electron chi connectivity index (χ2n) is 10.6. The Morgan fingerprint density at radius 3 is 1.93 bits per heavy atom. The van der Waals surface area contributed by atoms with Crippen LogP contribution in [0.1, 0.15) is 22.9 Å². The van der Waals surface area contributed by atoms with E-state index in [-0.39, 0.29) is 6.17 Å². The van der Waals surface area contributed by atoms with Crippen molar-refractivity contribution in [1.82, 2.24) is 10.3 Å². The average Bonchev–Trinajstić information content (AvgIpc) is 3.07. The summed E-state index contributed by atoms with van der Waals surface area (Å²) in [5.74, 6) is 1.53. The molecule has 42 heavy (non-hydrogen) atoms. The zero-order valence-corrected chi connectivity index (χ0v) is 22.8. The molecule has 0 radical (unpaired) electrons. The molecule has 1 aliphatic rings. The first-order valence-corrected chi connectivity index (χ1v) is 14.1. The molecule has 0 amide bonds. The van der Waals surface area contributed by atoms with Crippen LogP contribution in [0.5, 0.6) is 0 Å². The summed E-state index contributed by atoms with van der Waals surface area (Å²) in [6.45, 7) is 0. The molecule has 1 N–H and O–H groups in total. The molecular weight excluding hydrogens is 512 g/mol. The van der Waals surface area contributed by atoms with E-state index in [1.807, 2.05) is 12.3 Å². The lowest BCUT2D eigenvalue weighted by Crippen LogP contribution is -2.33. The van der Waals surface area contributed by atoms with E-state index >= 15 is 0 Å². The highest BCUT2D eigenvalue weighted by Crippen LogP contribution is 2.29. The van der Waals surface area contributed by atoms with Crippen LogP contribution in [0.2, 0.25) is 0 Å². The standard InChI is InChI=1S/C38H26N4/c1-3-9-28-21-33(18-14-25(28)7-1)37-40-36(41-38(42-37)34-19-15-26-8-2-4-10-29(26)22-34)32-12-5-11-30(23-32)31-17-16-27-13-6-20-39-35(27)24-31/h1-24,36H,(H,40,41,42). The highest BCUT2D eigenvalue weighted by Gasteiger charge is 2.22. The Hall–Kier alpha value is -5.61. The molecule has 4 nitrogen and oxygen atoms in total. The molecular formula is C38H26N4. The van der Waals surface area contributed by atoms with Crippen LogP contribution in [0, 0.1) is 0 Å². The van der Waals surface area contributed by atoms with Crippen LogP contribution in [0.25, 0.3) is 43.6 Å². The van der Waals surface area contributed by atoms with Crippen molar-refractivity contribution >= 4 is 44.1 Å². The van der Waals surface area contributed by atoms with Crippen molar-refractivity contribution in [2.75, 3.05) is 0 Å². The minimum absolute atomic E-state index is 0.302. The number of benzene rings is 6. The number of amidine groups is 2. The van der Waals surface area contributed by atoms with Crippen molar-refractivity contribution < 1.29 is 0 Å². The lowest BCUT2D eigenvalue weighted by molar-refractivity contribution is 0.674. The van der Waals surface area contributed by atoms with Gasteiger partial charge in [-0.25, -0.2) is 9.98 Å². The van der Waals surface area contributed by atoms with E-state index < -0.39 is 0 Å². The van der Waals surface area contributed by atoms with Crippen molar-refractivity contribution in [1.29, 1.82) is 0 Å². The molecule has 1 aromatic heterocycles. The molecule has 198 valence electrons. The molecule has 2 heterocycles. The number of nitrogens with one attached hydrogen (secondary N) is 1. The maximum atomic E-state index is 5.16. The summed E-state index contributed by atoms with van der Waals surface area (Å²) >= 11 is 0. The Morgan fingerprint density at radius 1 is 0.476 bits per heavy atom. The zero-order valence-electron chi connectivity index (χ0n) is 22.8. The van der Waals surface area contributed by atoms with Gasteiger partial charge in [-0.05, 0) is 68.6 Å². The molecule has 0 bridgehead atoms. The molecule has 8 rings (SSSR count). The van der Waals surface area contributed by atoms with Crippen molar-refractivity contribution in [3.63, 3.8) is 0 Å². The summed E-state index contributed by atoms with van der Waals surface area (Å²) in [4.78, 5) is 14.8. The van der Waals surface area contributed by atoms with Crippen molar-refractivity contribution in [3.8, 4) is 11.1 Å². The predicted octanol–water partition coefficient (Wildman–Crippen LogP) is 8.70. The molecule has 0 fully saturated rings. The fraction of sp³-hybridized carbons (Fsp3) is 0.0263. The van der Waals surface area contributed by atoms with E-state index in [4.69, 9.17) is 9.98 Å². The van der Waals surface area contributed by atoms with E-state index in [0.29, 0.717) is 5.84 Å². The Balaban J connectivity index is 1.23. The number of hydrogen-bond donors (Lipinski definition) is 1. The van der Waals surface area contributed by atoms with Gasteiger partial charge in [-0.3, -0.25) is 4.98 Å². The Labute approximate surface area is 243 Å². The highest BCUT2D eigenvalue weighted by atomic mass is 15.2. The Morgan fingerprint density at radius 2 is 1.12 bits per heavy atom. The molecule has 0 spiro atoms. The number of nitrogens with zero attached hydrogens (tertiary/aromatic N) is 3. The first kappa shape index (κ1) is 24.2. The summed E-state index contributed by atoms with van der Waals surface area (Å²) in [6.07, 6.45) is 1.54. The monoisotopic (exact) mass is 538 g/mol. The lowest BCUT2D eigenvalue weighted by Gasteiger charge is -2.24. The van der Waals surface area contributed by atoms with Crippen LogP contribution in [0.3, 0.4) is 0 Å². The maximum Gasteiger partial charge on any atom is 0.159 e. The van der Waals surface area contributed by atoms with Gasteiger partial charge in [0.1, 0.15) is 12.0 Å². The number of hydrogen-bond acceptors (Lipinski definition) is 4. The van der Waals surface area contributed by atoms with Gasteiger partial charge in [-0.1, -0.05) is 109 Å². The van der Waals surface area contributed by atoms with E-state index in [9.17, 15) is 0 Å². The largest absolute Gasteiger partial charge is 0.344 e. The molecule has 6 aromatic carbocycles. The lowest BCUT2D eigenvalue weighted by atomic mass is 10.00. The molecule has 1 unspecified atom stereocenters. The van der Waals surface area contributed by atoms with Gasteiger partial charge in [-0.2, -0.15) is 0 Å². The average molecular weight is 539 g/mol. The summed E-state index contributed by atoms with van der Waals surface area (Å²) in [6, 6.07) is 48.8. The molecule has 0 aliphatic carbocycles. The second kappa shape index (κ2) is 10.1. The zero-order chi connectivity index (χ0) is 27.9. The smallest absolute Gasteiger partial charge is 0.159 e. The number of rotatable bonds is 4. The van der Waals surface area contributed by atoms with Gasteiger partial charge in [0.15, 0.2) is 5.84 Å². The van der Waals surface area contributed by atoms with Crippen molar-refractivity contribution in [2.24, 2.45) is 9.98 Å². The van der Waals surface area contributed by atoms with Crippen molar-refractivity contribution in [2.45, 2.75) is 6.17 Å². The van der Waals surface area contributed by atoms with Gasteiger partial charge >= 0.3 is 0 Å². The van der Waals surface area contributed by atoms with Crippen LogP contribution in [0.4, 0.5) is 0 Å². The van der Waals surface area contributed by atoms with Gasteiger partial charge in [0.2, 0.25) is 0 Å². The molecule has 0 saturated carbocycles. The van der Waals surface area contributed by atoms with E-state index in [1.54, 1.807) is 0 Å². The van der Waals surface area contributed by atoms with Gasteiger partial charge in [0.25, 0.3) is 0 Å². The van der Waals surface area contributed by atoms with Gasteiger partial charge < -0.3 is 5.32 Å². The van der Waals surface area contributed by atoms with Crippen LogP contribution in [-0.4, -0.2) is 16.7 Å². The summed E-state index contributed by atoms with van der Waals surface area (Å²) in [5, 5.41) is 9.53. The van der Waals surface area contributed by atoms with Crippen molar-refractivity contribution in [3.05, 3.63) is 162 Å². The molecule has 1 atom stereocenters. The highest BCUT2D eigenvalue weighted by molar-refractivity contribution is 6.14. The number of aliphatic imine (C=N–C) groups is 2. The van der Waals surface area contributed by atoms with Crippen LogP contribution >= 0.6 is 0 Å². The maximum absolute atomic E-state index is 5.16.